The molecule has 0 unspecified atom stereocenters. The van der Waals surface area contributed by atoms with Gasteiger partial charge >= 0.3 is 0 Å². The summed E-state index contributed by atoms with van der Waals surface area (Å²) in [4.78, 5) is 46.9. The van der Waals surface area contributed by atoms with Gasteiger partial charge in [-0.25, -0.2) is 4.98 Å². The van der Waals surface area contributed by atoms with Gasteiger partial charge in [0.05, 0.1) is 36.8 Å². The van der Waals surface area contributed by atoms with E-state index in [0.717, 1.165) is 26.7 Å². The summed E-state index contributed by atoms with van der Waals surface area (Å²) in [5.74, 6) is -2.54. The second-order valence-corrected chi connectivity index (χ2v) is 11.3. The quantitative estimate of drug-likeness (QED) is 0.147. The van der Waals surface area contributed by atoms with E-state index in [1.165, 1.54) is 16.2 Å². The van der Waals surface area contributed by atoms with Crippen molar-refractivity contribution in [3.05, 3.63) is 76.0 Å². The average Bonchev–Trinajstić information content (AvgIpc) is 3.75. The zero-order chi connectivity index (χ0) is 29.4. The maximum atomic E-state index is 13.6. The van der Waals surface area contributed by atoms with Crippen LogP contribution in [-0.2, 0) is 19.1 Å². The highest BCUT2D eigenvalue weighted by atomic mass is 32.1. The number of nitrogens with zero attached hydrogens (tertiary/aromatic N) is 2. The second kappa shape index (κ2) is 11.1. The molecule has 11 nitrogen and oxygen atoms in total. The van der Waals surface area contributed by atoms with Crippen LogP contribution in [0.25, 0.3) is 21.8 Å². The zero-order valence-electron chi connectivity index (χ0n) is 22.9. The SMILES string of the molecule is C[C@@H](NC(=O)[C@H]1N(C(=O)CNC(=O)c2ccc3nc4ccccc4cc3c2)CCC12OCCO2)c1cc(C(=N)N)cs1. The van der Waals surface area contributed by atoms with Gasteiger partial charge < -0.3 is 30.7 Å². The number of hydrogen-bond acceptors (Lipinski definition) is 8. The van der Waals surface area contributed by atoms with Gasteiger partial charge in [0.25, 0.3) is 5.91 Å². The predicted molar refractivity (Wildman–Crippen MR) is 158 cm³/mol. The van der Waals surface area contributed by atoms with Gasteiger partial charge in [-0.3, -0.25) is 19.8 Å². The number of thiophene rings is 1. The third kappa shape index (κ3) is 5.20. The van der Waals surface area contributed by atoms with E-state index in [2.05, 4.69) is 15.6 Å². The molecule has 3 amide bonds. The highest BCUT2D eigenvalue weighted by Gasteiger charge is 2.57. The highest BCUT2D eigenvalue weighted by Crippen LogP contribution is 2.37. The first-order valence-electron chi connectivity index (χ1n) is 13.6. The van der Waals surface area contributed by atoms with Gasteiger partial charge in [-0.1, -0.05) is 18.2 Å². The van der Waals surface area contributed by atoms with Crippen LogP contribution in [0.3, 0.4) is 0 Å². The summed E-state index contributed by atoms with van der Waals surface area (Å²) in [7, 11) is 0. The molecule has 5 N–H and O–H groups in total. The van der Waals surface area contributed by atoms with Crippen LogP contribution in [0.4, 0.5) is 0 Å². The molecular formula is C30H30N6O5S. The number of hydrogen-bond donors (Lipinski definition) is 4. The number of ether oxygens (including phenoxy) is 2. The summed E-state index contributed by atoms with van der Waals surface area (Å²) in [6.07, 6.45) is 0.332. The molecule has 0 radical (unpaired) electrons. The first-order valence-corrected chi connectivity index (χ1v) is 14.5. The Labute approximate surface area is 245 Å². The second-order valence-electron chi connectivity index (χ2n) is 10.4. The molecule has 216 valence electrons. The number of likely N-dealkylation sites (tertiary alicyclic amines) is 1. The summed E-state index contributed by atoms with van der Waals surface area (Å²) in [5, 5.41) is 16.8. The number of fused-ring (bicyclic) bond motifs is 2. The third-order valence-electron chi connectivity index (χ3n) is 7.67. The van der Waals surface area contributed by atoms with Gasteiger partial charge in [0.1, 0.15) is 5.84 Å². The van der Waals surface area contributed by atoms with Gasteiger partial charge in [0.15, 0.2) is 11.8 Å². The lowest BCUT2D eigenvalue weighted by Gasteiger charge is -2.33. The Hall–Kier alpha value is -4.39. The topological polar surface area (TPSA) is 160 Å². The van der Waals surface area contributed by atoms with Crippen molar-refractivity contribution < 1.29 is 23.9 Å². The monoisotopic (exact) mass is 586 g/mol. The van der Waals surface area contributed by atoms with Gasteiger partial charge in [0, 0.05) is 45.1 Å². The highest BCUT2D eigenvalue weighted by molar-refractivity contribution is 7.10. The minimum absolute atomic E-state index is 0.0498. The van der Waals surface area contributed by atoms with E-state index in [9.17, 15) is 14.4 Å². The third-order valence-corrected chi connectivity index (χ3v) is 8.78. The van der Waals surface area contributed by atoms with Crippen molar-refractivity contribution in [1.29, 1.82) is 5.41 Å². The summed E-state index contributed by atoms with van der Waals surface area (Å²) >= 11 is 1.38. The number of carbonyl (C=O) groups excluding carboxylic acids is 3. The van der Waals surface area contributed by atoms with E-state index in [1.807, 2.05) is 37.3 Å². The lowest BCUT2D eigenvalue weighted by molar-refractivity contribution is -0.183. The Morgan fingerprint density at radius 2 is 1.86 bits per heavy atom. The van der Waals surface area contributed by atoms with Crippen molar-refractivity contribution in [3.8, 4) is 0 Å². The van der Waals surface area contributed by atoms with E-state index in [-0.39, 0.29) is 18.9 Å². The van der Waals surface area contributed by atoms with E-state index in [0.29, 0.717) is 30.8 Å². The molecule has 42 heavy (non-hydrogen) atoms. The number of para-hydroxylation sites is 1. The van der Waals surface area contributed by atoms with Crippen LogP contribution in [0.1, 0.15) is 40.2 Å². The number of nitrogens with one attached hydrogen (secondary N) is 3. The Morgan fingerprint density at radius 3 is 2.62 bits per heavy atom. The number of carbonyl (C=O) groups is 3. The fraction of sp³-hybridized carbons (Fsp3) is 0.300. The maximum Gasteiger partial charge on any atom is 0.251 e. The molecule has 2 aliphatic heterocycles. The van der Waals surface area contributed by atoms with Crippen LogP contribution in [0.2, 0.25) is 0 Å². The molecule has 2 aromatic heterocycles. The molecule has 6 rings (SSSR count). The molecule has 0 bridgehead atoms. The Morgan fingerprint density at radius 1 is 1.10 bits per heavy atom. The minimum atomic E-state index is -1.24. The van der Waals surface area contributed by atoms with E-state index in [4.69, 9.17) is 20.6 Å². The van der Waals surface area contributed by atoms with Crippen molar-refractivity contribution in [2.45, 2.75) is 31.2 Å². The molecule has 4 heterocycles. The maximum absolute atomic E-state index is 13.6. The number of amides is 3. The van der Waals surface area contributed by atoms with Crippen molar-refractivity contribution in [3.63, 3.8) is 0 Å². The summed E-state index contributed by atoms with van der Waals surface area (Å²) in [6, 6.07) is 15.3. The summed E-state index contributed by atoms with van der Waals surface area (Å²) in [5.41, 5.74) is 8.20. The van der Waals surface area contributed by atoms with Crippen LogP contribution < -0.4 is 16.4 Å². The number of benzene rings is 2. The van der Waals surface area contributed by atoms with Gasteiger partial charge in [-0.15, -0.1) is 11.3 Å². The lowest BCUT2D eigenvalue weighted by atomic mass is 10.1. The molecule has 2 aromatic carbocycles. The van der Waals surface area contributed by atoms with Crippen LogP contribution in [-0.4, -0.2) is 71.6 Å². The van der Waals surface area contributed by atoms with Gasteiger partial charge in [0.2, 0.25) is 11.8 Å². The normalized spacial score (nSPS) is 18.4. The molecule has 2 atom stereocenters. The number of amidine groups is 1. The number of rotatable bonds is 7. The Balaban J connectivity index is 1.15. The molecule has 0 aliphatic carbocycles. The van der Waals surface area contributed by atoms with Crippen LogP contribution in [0.15, 0.2) is 60.0 Å². The van der Waals surface area contributed by atoms with Crippen LogP contribution in [0.5, 0.6) is 0 Å². The van der Waals surface area contributed by atoms with Gasteiger partial charge in [-0.05, 0) is 43.3 Å². The molecule has 1 spiro atoms. The molecular weight excluding hydrogens is 556 g/mol. The Bertz CT molecular complexity index is 1710. The molecule has 4 aromatic rings. The van der Waals surface area contributed by atoms with E-state index < -0.39 is 35.6 Å². The van der Waals surface area contributed by atoms with Gasteiger partial charge in [-0.2, -0.15) is 0 Å². The predicted octanol–water partition coefficient (Wildman–Crippen LogP) is 2.68. The van der Waals surface area contributed by atoms with Crippen LogP contribution >= 0.6 is 11.3 Å². The summed E-state index contributed by atoms with van der Waals surface area (Å²) < 4.78 is 11.8. The van der Waals surface area contributed by atoms with E-state index >= 15 is 0 Å². The molecule has 2 saturated heterocycles. The Kier molecular flexibility index (Phi) is 7.35. The number of nitrogens with two attached hydrogens (primary N) is 1. The average molecular weight is 587 g/mol. The van der Waals surface area contributed by atoms with Crippen molar-refractivity contribution in [1.82, 2.24) is 20.5 Å². The molecule has 2 fully saturated rings. The van der Waals surface area contributed by atoms with Crippen molar-refractivity contribution in [2.75, 3.05) is 26.3 Å². The van der Waals surface area contributed by atoms with Crippen LogP contribution in [0, 0.1) is 5.41 Å². The zero-order valence-corrected chi connectivity index (χ0v) is 23.7. The van der Waals surface area contributed by atoms with E-state index in [1.54, 1.807) is 29.6 Å². The fourth-order valence-corrected chi connectivity index (χ4v) is 6.44. The number of aromatic nitrogens is 1. The lowest BCUT2D eigenvalue weighted by Crippen LogP contribution is -2.57. The van der Waals surface area contributed by atoms with Crippen molar-refractivity contribution in [2.24, 2.45) is 5.73 Å². The molecule has 2 aliphatic rings. The first kappa shape index (κ1) is 27.8. The largest absolute Gasteiger partial charge is 0.384 e. The minimum Gasteiger partial charge on any atom is -0.384 e. The number of nitrogen functional groups attached to an aromatic ring is 1. The number of pyridine rings is 1. The standard InChI is InChI=1S/C30H30N6O5S/c1-17(24-14-21(16-42-24)27(31)32)34-29(39)26-30(40-10-11-41-30)8-9-36(26)25(37)15-33-28(38)19-6-7-23-20(13-19)12-18-4-2-3-5-22(18)35-23/h2-7,12-14,16-17,26H,8-11,15H2,1H3,(H3,31,32)(H,33,38)(H,34,39)/t17-,26-/m1/s1. The van der Waals surface area contributed by atoms with Crippen molar-refractivity contribution >= 4 is 56.7 Å². The molecule has 0 saturated carbocycles. The molecule has 12 heteroatoms. The fourth-order valence-electron chi connectivity index (χ4n) is 5.53. The smallest absolute Gasteiger partial charge is 0.251 e. The summed E-state index contributed by atoms with van der Waals surface area (Å²) in [6.45, 7) is 2.40. The first-order chi connectivity index (χ1) is 20.2.